The van der Waals surface area contributed by atoms with Crippen LogP contribution in [-0.4, -0.2) is 42.1 Å². The molecule has 2 heteroatoms. The predicted molar refractivity (Wildman–Crippen MR) is 42.5 cm³/mol. The van der Waals surface area contributed by atoms with E-state index in [1.165, 1.54) is 11.8 Å². The van der Waals surface area contributed by atoms with Crippen LogP contribution in [0.2, 0.25) is 5.25 Å². The zero-order valence-corrected chi connectivity index (χ0v) is 10.6. The molecule has 0 fully saturated rings. The summed E-state index contributed by atoms with van der Waals surface area (Å²) in [5.74, 6) is 0.935. The molecule has 8 heavy (non-hydrogen) atoms. The van der Waals surface area contributed by atoms with E-state index in [-0.39, 0.29) is 0 Å². The Morgan fingerprint density at radius 2 is 2.00 bits per heavy atom. The maximum absolute atomic E-state index is 2.32. The van der Waals surface area contributed by atoms with Crippen molar-refractivity contribution in [2.45, 2.75) is 12.2 Å². The minimum atomic E-state index is 0.935. The van der Waals surface area contributed by atoms with Crippen molar-refractivity contribution in [1.29, 1.82) is 0 Å². The van der Waals surface area contributed by atoms with E-state index in [0.717, 1.165) is 22.4 Å². The predicted octanol–water partition coefficient (Wildman–Crippen LogP) is -0.0322. The van der Waals surface area contributed by atoms with E-state index in [9.17, 15) is 0 Å². The van der Waals surface area contributed by atoms with Crippen LogP contribution in [0.25, 0.3) is 0 Å². The van der Waals surface area contributed by atoms with Gasteiger partial charge in [0.05, 0.1) is 0 Å². The van der Waals surface area contributed by atoms with Crippen LogP contribution in [-0.2, 0) is 0 Å². The molecule has 0 aromatic rings. The van der Waals surface area contributed by atoms with Crippen molar-refractivity contribution in [3.63, 3.8) is 0 Å². The first-order chi connectivity index (χ1) is 3.66. The van der Waals surface area contributed by atoms with Crippen LogP contribution in [0.1, 0.15) is 6.92 Å². The molecule has 0 bridgehead atoms. The summed E-state index contributed by atoms with van der Waals surface area (Å²) < 4.78 is 0. The van der Waals surface area contributed by atoms with Gasteiger partial charge in [0.1, 0.15) is 0 Å². The molecule has 0 saturated heterocycles. The van der Waals surface area contributed by atoms with E-state index in [2.05, 4.69) is 25.9 Å². The van der Waals surface area contributed by atoms with Crippen LogP contribution in [0.4, 0.5) is 0 Å². The van der Waals surface area contributed by atoms with Gasteiger partial charge in [0.25, 0.3) is 0 Å². The van der Waals surface area contributed by atoms with Gasteiger partial charge in [0, 0.05) is 0 Å². The first kappa shape index (κ1) is 8.50. The fourth-order valence-corrected chi connectivity index (χ4v) is 1.29. The molecule has 0 amide bonds. The van der Waals surface area contributed by atoms with Crippen LogP contribution < -0.4 is 0 Å². The Kier molecular flexibility index (Phi) is 4.66. The zero-order valence-electron chi connectivity index (χ0n) is 6.44. The minimum absolute atomic E-state index is 0.935. The topological polar surface area (TPSA) is 3.24 Å². The quantitative estimate of drug-likeness (QED) is 0.545. The van der Waals surface area contributed by atoms with E-state index < -0.39 is 0 Å². The molecule has 1 atom stereocenters. The number of nitrogens with zero attached hydrogens (tertiary/aromatic N) is 1. The summed E-state index contributed by atoms with van der Waals surface area (Å²) in [6.45, 7) is 3.59. The van der Waals surface area contributed by atoms with Gasteiger partial charge in [-0.25, -0.2) is 0 Å². The third-order valence-corrected chi connectivity index (χ3v) is 4.30. The van der Waals surface area contributed by atoms with Gasteiger partial charge in [-0.1, -0.05) is 0 Å². The summed E-state index contributed by atoms with van der Waals surface area (Å²) >= 11 is 1.04. The Morgan fingerprint density at radius 3 is 2.12 bits per heavy atom. The normalized spacial score (nSPS) is 15.0. The van der Waals surface area contributed by atoms with Crippen LogP contribution in [0.15, 0.2) is 0 Å². The molecule has 0 spiro atoms. The molecule has 1 unspecified atom stereocenters. The van der Waals surface area contributed by atoms with Crippen molar-refractivity contribution in [2.75, 3.05) is 20.6 Å². The molecular weight excluding hydrogens is 159 g/mol. The van der Waals surface area contributed by atoms with Crippen molar-refractivity contribution in [1.82, 2.24) is 4.90 Å². The van der Waals surface area contributed by atoms with E-state index in [1.807, 2.05) is 0 Å². The van der Waals surface area contributed by atoms with Gasteiger partial charge in [-0.15, -0.1) is 0 Å². The summed E-state index contributed by atoms with van der Waals surface area (Å²) in [6, 6.07) is 0. The Hall–Kier alpha value is 0.503. The summed E-state index contributed by atoms with van der Waals surface area (Å²) in [7, 11) is 4.28. The van der Waals surface area contributed by atoms with Gasteiger partial charge in [0.15, 0.2) is 0 Å². The van der Waals surface area contributed by atoms with Gasteiger partial charge < -0.3 is 0 Å². The van der Waals surface area contributed by atoms with E-state index >= 15 is 0 Å². The third kappa shape index (κ3) is 4.66. The molecule has 50 valence electrons. The Bertz CT molecular complexity index is 54.5. The Morgan fingerprint density at radius 1 is 1.50 bits per heavy atom. The molecule has 0 radical (unpaired) electrons. The second-order valence-corrected chi connectivity index (χ2v) is 4.49. The van der Waals surface area contributed by atoms with Gasteiger partial charge in [-0.2, -0.15) is 0 Å². The van der Waals surface area contributed by atoms with E-state index in [0.29, 0.717) is 0 Å². The monoisotopic (exact) mass is 177 g/mol. The average molecular weight is 176 g/mol. The average Bonchev–Trinajstić information content (AvgIpc) is 1.65. The van der Waals surface area contributed by atoms with Crippen molar-refractivity contribution in [3.8, 4) is 0 Å². The van der Waals surface area contributed by atoms with Crippen LogP contribution in [0.5, 0.6) is 0 Å². The Labute approximate surface area is 60.7 Å². The van der Waals surface area contributed by atoms with E-state index in [4.69, 9.17) is 0 Å². The molecule has 0 N–H and O–H groups in total. The SMILES string of the molecule is CC([CH2][GeH3])CN(C)C. The molecule has 0 aromatic heterocycles. The first-order valence-electron chi connectivity index (χ1n) is 3.31. The van der Waals surface area contributed by atoms with Crippen molar-refractivity contribution >= 4 is 16.5 Å². The van der Waals surface area contributed by atoms with Crippen LogP contribution in [0.3, 0.4) is 0 Å². The van der Waals surface area contributed by atoms with Gasteiger partial charge in [-0.3, -0.25) is 0 Å². The fraction of sp³-hybridized carbons (Fsp3) is 1.00. The third-order valence-electron chi connectivity index (χ3n) is 1.37. The van der Waals surface area contributed by atoms with Crippen molar-refractivity contribution in [3.05, 3.63) is 0 Å². The molecule has 1 nitrogen and oxygen atoms in total. The van der Waals surface area contributed by atoms with Crippen molar-refractivity contribution < 1.29 is 0 Å². The van der Waals surface area contributed by atoms with Crippen LogP contribution in [0, 0.1) is 5.92 Å². The summed E-state index contributed by atoms with van der Waals surface area (Å²) in [5, 5.41) is 1.48. The molecule has 0 aliphatic rings. The molecule has 0 aromatic carbocycles. The van der Waals surface area contributed by atoms with Crippen LogP contribution >= 0.6 is 0 Å². The second-order valence-electron chi connectivity index (χ2n) is 2.78. The summed E-state index contributed by atoms with van der Waals surface area (Å²) in [5.41, 5.74) is 0. The van der Waals surface area contributed by atoms with Gasteiger partial charge in [0.2, 0.25) is 0 Å². The molecule has 0 heterocycles. The molecule has 0 saturated carbocycles. The number of hydrogen-bond acceptors (Lipinski definition) is 1. The molecule has 0 aliphatic carbocycles. The molecule has 0 aliphatic heterocycles. The number of rotatable bonds is 3. The summed E-state index contributed by atoms with van der Waals surface area (Å²) in [6.07, 6.45) is 0. The standard InChI is InChI=1S/C6H17GeN/c1-6(4-7)5-8(2)3/h6H,4-5H2,1-3,7H3. The second kappa shape index (κ2) is 4.39. The summed E-state index contributed by atoms with van der Waals surface area (Å²) in [4.78, 5) is 2.26. The van der Waals surface area contributed by atoms with Crippen molar-refractivity contribution in [2.24, 2.45) is 5.92 Å². The maximum atomic E-state index is 2.32. The Balaban J connectivity index is 3.10. The van der Waals surface area contributed by atoms with Gasteiger partial charge >= 0.3 is 60.1 Å². The van der Waals surface area contributed by atoms with Gasteiger partial charge in [-0.05, 0) is 0 Å². The molecular formula is C6H17GeN. The zero-order chi connectivity index (χ0) is 6.57. The van der Waals surface area contributed by atoms with E-state index in [1.54, 1.807) is 0 Å². The first-order valence-corrected chi connectivity index (χ1v) is 6.28. The molecule has 0 rings (SSSR count). The number of hydrogen-bond donors (Lipinski definition) is 0. The fourth-order valence-electron chi connectivity index (χ4n) is 0.752.